The minimum Gasteiger partial charge on any atom is -0.493 e. The van der Waals surface area contributed by atoms with Gasteiger partial charge in [0.05, 0.1) is 42.3 Å². The summed E-state index contributed by atoms with van der Waals surface area (Å²) in [7, 11) is 1.59. The maximum atomic E-state index is 13.3. The van der Waals surface area contributed by atoms with Gasteiger partial charge in [0, 0.05) is 17.0 Å². The van der Waals surface area contributed by atoms with Crippen molar-refractivity contribution in [1.29, 1.82) is 0 Å². The van der Waals surface area contributed by atoms with E-state index in [1.807, 2.05) is 12.1 Å². The normalized spacial score (nSPS) is 11.4. The first-order valence-electron chi connectivity index (χ1n) is 12.4. The summed E-state index contributed by atoms with van der Waals surface area (Å²) in [6.07, 6.45) is 6.26. The number of ether oxygens (including phenoxy) is 3. The first kappa shape index (κ1) is 28.3. The maximum Gasteiger partial charge on any atom is 0.316 e. The Balaban J connectivity index is 1.40. The molecule has 1 radical (unpaired) electrons. The number of methoxy groups -OCH3 is 1. The van der Waals surface area contributed by atoms with Crippen molar-refractivity contribution < 1.29 is 18.6 Å². The van der Waals surface area contributed by atoms with Crippen LogP contribution in [-0.4, -0.2) is 45.7 Å². The van der Waals surface area contributed by atoms with E-state index in [1.165, 1.54) is 18.5 Å². The number of hydrogen-bond acceptors (Lipinski definition) is 9. The molecule has 0 saturated heterocycles. The summed E-state index contributed by atoms with van der Waals surface area (Å²) in [4.78, 5) is 17.2. The molecule has 4 aromatic rings. The fraction of sp³-hybridized carbons (Fsp3) is 0.321. The predicted octanol–water partition coefficient (Wildman–Crippen LogP) is 5.90. The minimum absolute atomic E-state index is 0.00184. The molecule has 0 unspecified atom stereocenters. The molecule has 2 aromatic heterocycles. The Hall–Kier alpha value is -3.76. The average Bonchev–Trinajstić information content (AvgIpc) is 2.94. The van der Waals surface area contributed by atoms with Gasteiger partial charge in [0.25, 0.3) is 0 Å². The average molecular weight is 554 g/mol. The number of fused-ring (bicyclic) bond motifs is 1. The van der Waals surface area contributed by atoms with Crippen LogP contribution in [0.25, 0.3) is 10.9 Å². The Morgan fingerprint density at radius 3 is 2.54 bits per heavy atom. The van der Waals surface area contributed by atoms with Gasteiger partial charge >= 0.3 is 6.01 Å². The highest BCUT2D eigenvalue weighted by Gasteiger charge is 2.14. The number of anilines is 2. The van der Waals surface area contributed by atoms with Crippen molar-refractivity contribution in [2.24, 2.45) is 0 Å². The predicted molar refractivity (Wildman–Crippen MR) is 149 cm³/mol. The van der Waals surface area contributed by atoms with E-state index in [-0.39, 0.29) is 23.2 Å². The summed E-state index contributed by atoms with van der Waals surface area (Å²) in [6.45, 7) is 9.71. The molecule has 0 fully saturated rings. The van der Waals surface area contributed by atoms with Crippen molar-refractivity contribution in [2.45, 2.75) is 38.8 Å². The zero-order valence-electron chi connectivity index (χ0n) is 22.1. The molecule has 0 amide bonds. The molecule has 205 valence electrons. The van der Waals surface area contributed by atoms with Gasteiger partial charge in [-0.3, -0.25) is 0 Å². The van der Waals surface area contributed by atoms with Crippen LogP contribution in [0.1, 0.15) is 32.3 Å². The van der Waals surface area contributed by atoms with Crippen molar-refractivity contribution in [3.8, 4) is 17.5 Å². The second kappa shape index (κ2) is 12.9. The first-order chi connectivity index (χ1) is 18.8. The summed E-state index contributed by atoms with van der Waals surface area (Å²) >= 11 is 5.82. The third-order valence-electron chi connectivity index (χ3n) is 5.97. The van der Waals surface area contributed by atoms with Crippen LogP contribution in [0, 0.1) is 12.7 Å². The largest absolute Gasteiger partial charge is 0.493 e. The van der Waals surface area contributed by atoms with Crippen molar-refractivity contribution in [3.05, 3.63) is 72.4 Å². The lowest BCUT2D eigenvalue weighted by atomic mass is 10.0. The van der Waals surface area contributed by atoms with E-state index >= 15 is 0 Å². The molecule has 2 aromatic carbocycles. The van der Waals surface area contributed by atoms with Crippen LogP contribution < -0.4 is 24.8 Å². The van der Waals surface area contributed by atoms with E-state index in [0.29, 0.717) is 40.7 Å². The van der Waals surface area contributed by atoms with E-state index in [1.54, 1.807) is 25.6 Å². The van der Waals surface area contributed by atoms with Gasteiger partial charge in [-0.15, -0.1) is 0 Å². The van der Waals surface area contributed by atoms with Crippen molar-refractivity contribution in [3.63, 3.8) is 0 Å². The number of hydrogen-bond donors (Lipinski definition) is 2. The standard InChI is InChI=1S/C28H31ClFN6O3/c1-5-28(2,3)35-9-6-10-38-25-13-23-20(12-24(25)37-4)26(34-17-33-23)36-19-14-31-27(32-15-19)39-16-18-7-8-22(30)21(29)11-18/h7-8,11-15,17,35H,1,5-6,9-10,16H2,2-4H3,(H,33,34,36). The third-order valence-corrected chi connectivity index (χ3v) is 6.26. The summed E-state index contributed by atoms with van der Waals surface area (Å²) in [5.41, 5.74) is 1.99. The van der Waals surface area contributed by atoms with Crippen LogP contribution in [0.2, 0.25) is 5.02 Å². The Kier molecular flexibility index (Phi) is 9.32. The quantitative estimate of drug-likeness (QED) is 0.196. The third kappa shape index (κ3) is 7.64. The fourth-order valence-corrected chi connectivity index (χ4v) is 3.78. The topological polar surface area (TPSA) is 103 Å². The van der Waals surface area contributed by atoms with E-state index in [0.717, 1.165) is 24.8 Å². The molecular formula is C28H31ClFN6O3. The van der Waals surface area contributed by atoms with Crippen LogP contribution in [0.5, 0.6) is 17.5 Å². The number of benzene rings is 2. The second-order valence-corrected chi connectivity index (χ2v) is 9.83. The van der Waals surface area contributed by atoms with Gasteiger partial charge < -0.3 is 24.8 Å². The molecule has 0 spiro atoms. The number of aromatic nitrogens is 4. The Labute approximate surface area is 232 Å². The summed E-state index contributed by atoms with van der Waals surface area (Å²) in [5, 5.41) is 7.46. The SMILES string of the molecule is [CH2]CC(C)(C)NCCCOc1cc2ncnc(Nc3cnc(OCc4ccc(F)c(Cl)c4)nc3)c2cc1OC. The molecular weight excluding hydrogens is 523 g/mol. The van der Waals surface area contributed by atoms with E-state index < -0.39 is 5.82 Å². The van der Waals surface area contributed by atoms with Gasteiger partial charge in [-0.25, -0.2) is 24.3 Å². The van der Waals surface area contributed by atoms with Crippen LogP contribution in [0.15, 0.2) is 49.1 Å². The molecule has 0 atom stereocenters. The highest BCUT2D eigenvalue weighted by Crippen LogP contribution is 2.34. The molecule has 0 bridgehead atoms. The zero-order chi connectivity index (χ0) is 27.8. The fourth-order valence-electron chi connectivity index (χ4n) is 3.57. The first-order valence-corrected chi connectivity index (χ1v) is 12.8. The molecule has 9 nitrogen and oxygen atoms in total. The van der Waals surface area contributed by atoms with Gasteiger partial charge in [-0.05, 0) is 57.0 Å². The number of rotatable bonds is 13. The summed E-state index contributed by atoms with van der Waals surface area (Å²) < 4.78 is 30.5. The lowest BCUT2D eigenvalue weighted by molar-refractivity contribution is 0.279. The monoisotopic (exact) mass is 553 g/mol. The maximum absolute atomic E-state index is 13.3. The van der Waals surface area contributed by atoms with Gasteiger partial charge in [-0.2, -0.15) is 0 Å². The lowest BCUT2D eigenvalue weighted by Crippen LogP contribution is -2.39. The molecule has 11 heteroatoms. The molecule has 4 rings (SSSR count). The highest BCUT2D eigenvalue weighted by molar-refractivity contribution is 6.30. The number of nitrogens with zero attached hydrogens (tertiary/aromatic N) is 4. The number of nitrogens with one attached hydrogen (secondary N) is 2. The van der Waals surface area contributed by atoms with E-state index in [2.05, 4.69) is 51.3 Å². The van der Waals surface area contributed by atoms with Crippen LogP contribution in [0.3, 0.4) is 0 Å². The zero-order valence-corrected chi connectivity index (χ0v) is 22.9. The van der Waals surface area contributed by atoms with Crippen LogP contribution >= 0.6 is 11.6 Å². The second-order valence-electron chi connectivity index (χ2n) is 9.42. The summed E-state index contributed by atoms with van der Waals surface area (Å²) in [6, 6.07) is 8.22. The van der Waals surface area contributed by atoms with Crippen molar-refractivity contribution >= 4 is 34.0 Å². The summed E-state index contributed by atoms with van der Waals surface area (Å²) in [5.74, 6) is 1.26. The molecule has 39 heavy (non-hydrogen) atoms. The van der Waals surface area contributed by atoms with Crippen LogP contribution in [-0.2, 0) is 6.61 Å². The molecule has 0 aliphatic heterocycles. The lowest BCUT2D eigenvalue weighted by Gasteiger charge is -2.24. The van der Waals surface area contributed by atoms with Crippen LogP contribution in [0.4, 0.5) is 15.9 Å². The Morgan fingerprint density at radius 2 is 1.82 bits per heavy atom. The molecule has 0 aliphatic carbocycles. The highest BCUT2D eigenvalue weighted by atomic mass is 35.5. The minimum atomic E-state index is -0.483. The number of halogens is 2. The Morgan fingerprint density at radius 1 is 1.03 bits per heavy atom. The molecule has 2 N–H and O–H groups in total. The molecule has 2 heterocycles. The van der Waals surface area contributed by atoms with Gasteiger partial charge in [0.2, 0.25) is 0 Å². The van der Waals surface area contributed by atoms with Gasteiger partial charge in [0.15, 0.2) is 11.5 Å². The van der Waals surface area contributed by atoms with Gasteiger partial charge in [0.1, 0.15) is 24.6 Å². The molecule has 0 saturated carbocycles. The van der Waals surface area contributed by atoms with E-state index in [9.17, 15) is 4.39 Å². The molecule has 0 aliphatic rings. The smallest absolute Gasteiger partial charge is 0.316 e. The van der Waals surface area contributed by atoms with Crippen molar-refractivity contribution in [2.75, 3.05) is 25.6 Å². The van der Waals surface area contributed by atoms with Gasteiger partial charge in [-0.1, -0.05) is 24.6 Å². The van der Waals surface area contributed by atoms with E-state index in [4.69, 9.17) is 25.8 Å². The van der Waals surface area contributed by atoms with Crippen molar-refractivity contribution in [1.82, 2.24) is 25.3 Å². The Bertz CT molecular complexity index is 1400.